The van der Waals surface area contributed by atoms with Gasteiger partial charge in [0.25, 0.3) is 11.8 Å². The SMILES string of the molecule is O=C1CCC(N2C(=O)c3ccc(N4CCN(CCCN5CCNCC5)CC4)cc3C2=O)C(=O)N1. The number of amides is 4. The van der Waals surface area contributed by atoms with Crippen LogP contribution in [0.4, 0.5) is 5.69 Å². The van der Waals surface area contributed by atoms with Crippen LogP contribution in [0.3, 0.4) is 0 Å². The molecule has 4 amide bonds. The molecular weight excluding hydrogens is 436 g/mol. The molecule has 1 aromatic carbocycles. The van der Waals surface area contributed by atoms with Gasteiger partial charge < -0.3 is 15.1 Å². The van der Waals surface area contributed by atoms with Crippen LogP contribution in [0.2, 0.25) is 0 Å². The topological polar surface area (TPSA) is 105 Å². The van der Waals surface area contributed by atoms with Gasteiger partial charge in [-0.1, -0.05) is 0 Å². The molecule has 4 heterocycles. The molecule has 5 rings (SSSR count). The summed E-state index contributed by atoms with van der Waals surface area (Å²) in [6.07, 6.45) is 1.46. The Kier molecular flexibility index (Phi) is 6.62. The average molecular weight is 469 g/mol. The smallest absolute Gasteiger partial charge is 0.262 e. The Balaban J connectivity index is 1.17. The molecule has 0 radical (unpaired) electrons. The number of piperidine rings is 1. The number of rotatable bonds is 6. The minimum Gasteiger partial charge on any atom is -0.369 e. The van der Waals surface area contributed by atoms with E-state index in [1.165, 1.54) is 6.42 Å². The summed E-state index contributed by atoms with van der Waals surface area (Å²) in [5, 5.41) is 5.62. The van der Waals surface area contributed by atoms with Gasteiger partial charge in [-0.15, -0.1) is 0 Å². The molecule has 10 nitrogen and oxygen atoms in total. The normalized spacial score (nSPS) is 24.5. The van der Waals surface area contributed by atoms with Crippen molar-refractivity contribution in [1.29, 1.82) is 0 Å². The van der Waals surface area contributed by atoms with E-state index in [0.717, 1.165) is 76.0 Å². The van der Waals surface area contributed by atoms with Gasteiger partial charge in [-0.2, -0.15) is 0 Å². The molecule has 4 aliphatic rings. The zero-order valence-electron chi connectivity index (χ0n) is 19.4. The molecule has 1 aromatic rings. The summed E-state index contributed by atoms with van der Waals surface area (Å²) in [4.78, 5) is 58.0. The van der Waals surface area contributed by atoms with Gasteiger partial charge in [0.05, 0.1) is 11.1 Å². The summed E-state index contributed by atoms with van der Waals surface area (Å²) in [6, 6.07) is 4.43. The summed E-state index contributed by atoms with van der Waals surface area (Å²) >= 11 is 0. The van der Waals surface area contributed by atoms with Gasteiger partial charge in [0.15, 0.2) is 0 Å². The third kappa shape index (κ3) is 4.57. The van der Waals surface area contributed by atoms with Gasteiger partial charge in [0.2, 0.25) is 11.8 Å². The summed E-state index contributed by atoms with van der Waals surface area (Å²) in [6.45, 7) is 10.3. The van der Waals surface area contributed by atoms with Crippen molar-refractivity contribution in [3.05, 3.63) is 29.3 Å². The van der Waals surface area contributed by atoms with E-state index in [2.05, 4.69) is 25.3 Å². The van der Waals surface area contributed by atoms with Gasteiger partial charge in [0, 0.05) is 64.5 Å². The maximum atomic E-state index is 13.1. The number of piperazine rings is 2. The number of imide groups is 2. The van der Waals surface area contributed by atoms with Crippen LogP contribution in [0.5, 0.6) is 0 Å². The molecule has 0 aromatic heterocycles. The fraction of sp³-hybridized carbons (Fsp3) is 0.583. The van der Waals surface area contributed by atoms with Crippen molar-refractivity contribution in [2.75, 3.05) is 70.3 Å². The van der Waals surface area contributed by atoms with Gasteiger partial charge in [-0.25, -0.2) is 0 Å². The third-order valence-electron chi connectivity index (χ3n) is 7.32. The standard InChI is InChI=1S/C24H32N6O4/c31-21-5-4-20(22(32)26-21)30-23(33)18-3-2-17(16-19(18)24(30)34)29-14-12-28(13-15-29)9-1-8-27-10-6-25-7-11-27/h2-3,16,20,25H,1,4-15H2,(H,26,31,32). The van der Waals surface area contributed by atoms with Crippen LogP contribution in [0, 0.1) is 0 Å². The van der Waals surface area contributed by atoms with Crippen molar-refractivity contribution in [2.45, 2.75) is 25.3 Å². The highest BCUT2D eigenvalue weighted by atomic mass is 16.2. The fourth-order valence-electron chi connectivity index (χ4n) is 5.34. The molecule has 0 saturated carbocycles. The number of nitrogens with one attached hydrogen (secondary N) is 2. The van der Waals surface area contributed by atoms with Crippen LogP contribution in [0.15, 0.2) is 18.2 Å². The van der Waals surface area contributed by atoms with Crippen molar-refractivity contribution in [3.8, 4) is 0 Å². The maximum Gasteiger partial charge on any atom is 0.262 e. The highest BCUT2D eigenvalue weighted by molar-refractivity contribution is 6.23. The van der Waals surface area contributed by atoms with Crippen LogP contribution in [-0.4, -0.2) is 110 Å². The lowest BCUT2D eigenvalue weighted by molar-refractivity contribution is -0.136. The maximum absolute atomic E-state index is 13.1. The first-order valence-electron chi connectivity index (χ1n) is 12.3. The monoisotopic (exact) mass is 468 g/mol. The summed E-state index contributed by atoms with van der Waals surface area (Å²) in [7, 11) is 0. The Morgan fingerprint density at radius 2 is 1.50 bits per heavy atom. The second kappa shape index (κ2) is 9.81. The Morgan fingerprint density at radius 3 is 2.21 bits per heavy atom. The molecule has 1 atom stereocenters. The summed E-state index contributed by atoms with van der Waals surface area (Å²) in [5.74, 6) is -1.87. The van der Waals surface area contributed by atoms with Gasteiger partial charge >= 0.3 is 0 Å². The van der Waals surface area contributed by atoms with E-state index in [9.17, 15) is 19.2 Å². The molecule has 3 saturated heterocycles. The second-order valence-electron chi connectivity index (χ2n) is 9.45. The van der Waals surface area contributed by atoms with Crippen LogP contribution in [0.1, 0.15) is 40.0 Å². The number of carbonyl (C=O) groups excluding carboxylic acids is 4. The van der Waals surface area contributed by atoms with Crippen LogP contribution < -0.4 is 15.5 Å². The predicted octanol–water partition coefficient (Wildman–Crippen LogP) is -0.495. The van der Waals surface area contributed by atoms with Gasteiger partial charge in [0.1, 0.15) is 6.04 Å². The third-order valence-corrected chi connectivity index (χ3v) is 7.32. The first-order chi connectivity index (χ1) is 16.5. The van der Waals surface area contributed by atoms with E-state index in [0.29, 0.717) is 11.1 Å². The Bertz CT molecular complexity index is 984. The zero-order valence-corrected chi connectivity index (χ0v) is 19.4. The molecule has 3 fully saturated rings. The average Bonchev–Trinajstić information content (AvgIpc) is 3.10. The molecule has 2 N–H and O–H groups in total. The van der Waals surface area contributed by atoms with Gasteiger partial charge in [-0.3, -0.25) is 34.3 Å². The van der Waals surface area contributed by atoms with E-state index >= 15 is 0 Å². The number of benzene rings is 1. The fourth-order valence-corrected chi connectivity index (χ4v) is 5.34. The van der Waals surface area contributed by atoms with Crippen molar-refractivity contribution in [3.63, 3.8) is 0 Å². The predicted molar refractivity (Wildman–Crippen MR) is 126 cm³/mol. The van der Waals surface area contributed by atoms with Gasteiger partial charge in [-0.05, 0) is 44.1 Å². The zero-order chi connectivity index (χ0) is 23.7. The number of hydrogen-bond donors (Lipinski definition) is 2. The van der Waals surface area contributed by atoms with Crippen molar-refractivity contribution < 1.29 is 19.2 Å². The van der Waals surface area contributed by atoms with Crippen LogP contribution >= 0.6 is 0 Å². The Hall–Kier alpha value is -2.82. The molecule has 182 valence electrons. The lowest BCUT2D eigenvalue weighted by Gasteiger charge is -2.36. The summed E-state index contributed by atoms with van der Waals surface area (Å²) in [5.41, 5.74) is 1.58. The second-order valence-corrected chi connectivity index (χ2v) is 9.45. The number of anilines is 1. The molecule has 34 heavy (non-hydrogen) atoms. The Labute approximate surface area is 199 Å². The summed E-state index contributed by atoms with van der Waals surface area (Å²) < 4.78 is 0. The molecule has 10 heteroatoms. The van der Waals surface area contributed by atoms with E-state index < -0.39 is 23.8 Å². The van der Waals surface area contributed by atoms with Crippen LogP contribution in [-0.2, 0) is 9.59 Å². The molecule has 4 aliphatic heterocycles. The number of nitrogens with zero attached hydrogens (tertiary/aromatic N) is 4. The lowest BCUT2D eigenvalue weighted by Crippen LogP contribution is -2.54. The molecular formula is C24H32N6O4. The van der Waals surface area contributed by atoms with E-state index in [4.69, 9.17) is 0 Å². The van der Waals surface area contributed by atoms with Crippen molar-refractivity contribution in [2.24, 2.45) is 0 Å². The molecule has 0 spiro atoms. The number of carbonyl (C=O) groups is 4. The van der Waals surface area contributed by atoms with Crippen LogP contribution in [0.25, 0.3) is 0 Å². The number of fused-ring (bicyclic) bond motifs is 1. The van der Waals surface area contributed by atoms with E-state index in [1.807, 2.05) is 6.07 Å². The van der Waals surface area contributed by atoms with E-state index in [-0.39, 0.29) is 18.7 Å². The largest absolute Gasteiger partial charge is 0.369 e. The first-order valence-corrected chi connectivity index (χ1v) is 12.3. The van der Waals surface area contributed by atoms with Crippen molar-refractivity contribution >= 4 is 29.3 Å². The molecule has 0 bridgehead atoms. The Morgan fingerprint density at radius 1 is 0.824 bits per heavy atom. The highest BCUT2D eigenvalue weighted by Crippen LogP contribution is 2.31. The molecule has 1 unspecified atom stereocenters. The quantitative estimate of drug-likeness (QED) is 0.539. The molecule has 0 aliphatic carbocycles. The van der Waals surface area contributed by atoms with E-state index in [1.54, 1.807) is 12.1 Å². The highest BCUT2D eigenvalue weighted by Gasteiger charge is 2.44. The number of hydrogen-bond acceptors (Lipinski definition) is 8. The first kappa shape index (κ1) is 22.9. The minimum atomic E-state index is -0.932. The van der Waals surface area contributed by atoms with Crippen molar-refractivity contribution in [1.82, 2.24) is 25.3 Å². The minimum absolute atomic E-state index is 0.120. The lowest BCUT2D eigenvalue weighted by atomic mass is 10.0.